The second-order valence-electron chi connectivity index (χ2n) is 4.10. The third-order valence-corrected chi connectivity index (χ3v) is 4.69. The van der Waals surface area contributed by atoms with E-state index in [1.165, 1.54) is 18.2 Å². The van der Waals surface area contributed by atoms with Crippen LogP contribution in [0.15, 0.2) is 34.1 Å². The van der Waals surface area contributed by atoms with E-state index >= 15 is 0 Å². The average molecular weight is 390 g/mol. The Kier molecular flexibility index (Phi) is 5.33. The lowest BCUT2D eigenvalue weighted by Crippen LogP contribution is -2.26. The molecule has 0 saturated heterocycles. The van der Waals surface area contributed by atoms with E-state index < -0.39 is 10.8 Å². The van der Waals surface area contributed by atoms with Crippen molar-refractivity contribution in [2.45, 2.75) is 6.42 Å². The molecule has 2 rings (SSSR count). The molecule has 0 aliphatic carbocycles. The van der Waals surface area contributed by atoms with Crippen LogP contribution in [-0.4, -0.2) is 17.4 Å². The van der Waals surface area contributed by atoms with Crippen LogP contribution >= 0.6 is 38.9 Å². The van der Waals surface area contributed by atoms with Crippen LogP contribution < -0.4 is 5.32 Å². The van der Waals surface area contributed by atoms with Crippen LogP contribution in [0, 0.1) is 10.1 Å². The molecule has 0 spiro atoms. The highest BCUT2D eigenvalue weighted by molar-refractivity contribution is 9.11. The molecule has 0 aliphatic heterocycles. The van der Waals surface area contributed by atoms with Gasteiger partial charge in [-0.1, -0.05) is 17.7 Å². The number of hydrogen-bond donors (Lipinski definition) is 1. The number of amides is 1. The van der Waals surface area contributed by atoms with Crippen molar-refractivity contribution in [3.05, 3.63) is 59.7 Å². The van der Waals surface area contributed by atoms with E-state index in [2.05, 4.69) is 21.2 Å². The lowest BCUT2D eigenvalue weighted by molar-refractivity contribution is -0.385. The van der Waals surface area contributed by atoms with Gasteiger partial charge in [-0.25, -0.2) is 0 Å². The number of carbonyl (C=O) groups is 1. The highest BCUT2D eigenvalue weighted by Crippen LogP contribution is 2.28. The summed E-state index contributed by atoms with van der Waals surface area (Å²) < 4.78 is 1.02. The molecule has 0 bridgehead atoms. The van der Waals surface area contributed by atoms with Crippen LogP contribution in [0.3, 0.4) is 0 Å². The van der Waals surface area contributed by atoms with Crippen molar-refractivity contribution in [2.75, 3.05) is 6.54 Å². The monoisotopic (exact) mass is 388 g/mol. The summed E-state index contributed by atoms with van der Waals surface area (Å²) in [7, 11) is 0. The standard InChI is InChI=1S/C13H10BrClN2O3S/c14-11-5-4-8(21-11)6-7-16-13(18)9-2-1-3-10(15)12(9)17(19)20/h1-5H,6-7H2,(H,16,18). The maximum absolute atomic E-state index is 12.0. The number of hydrogen-bond acceptors (Lipinski definition) is 4. The molecule has 1 heterocycles. The second kappa shape index (κ2) is 7.02. The predicted octanol–water partition coefficient (Wildman–Crippen LogP) is 4.04. The SMILES string of the molecule is O=C(NCCc1ccc(Br)s1)c1cccc(Cl)c1[N+](=O)[O-]. The number of nitro benzene ring substituents is 1. The molecule has 1 aromatic heterocycles. The van der Waals surface area contributed by atoms with Gasteiger partial charge in [0.1, 0.15) is 10.6 Å². The van der Waals surface area contributed by atoms with Gasteiger partial charge in [-0.05, 0) is 46.6 Å². The first kappa shape index (κ1) is 15.9. The van der Waals surface area contributed by atoms with Gasteiger partial charge >= 0.3 is 5.69 Å². The zero-order chi connectivity index (χ0) is 15.4. The van der Waals surface area contributed by atoms with Crippen molar-refractivity contribution in [2.24, 2.45) is 0 Å². The Hall–Kier alpha value is -1.44. The summed E-state index contributed by atoms with van der Waals surface area (Å²) in [6, 6.07) is 8.19. The van der Waals surface area contributed by atoms with Crippen LogP contribution in [0.4, 0.5) is 5.69 Å². The minimum atomic E-state index is -0.645. The molecular formula is C13H10BrClN2O3S. The zero-order valence-electron chi connectivity index (χ0n) is 10.6. The van der Waals surface area contributed by atoms with Crippen molar-refractivity contribution in [3.63, 3.8) is 0 Å². The van der Waals surface area contributed by atoms with E-state index in [4.69, 9.17) is 11.6 Å². The Balaban J connectivity index is 2.04. The predicted molar refractivity (Wildman–Crippen MR) is 86.2 cm³/mol. The quantitative estimate of drug-likeness (QED) is 0.619. The van der Waals surface area contributed by atoms with Crippen LogP contribution in [-0.2, 0) is 6.42 Å². The molecule has 0 fully saturated rings. The maximum Gasteiger partial charge on any atom is 0.300 e. The number of carbonyl (C=O) groups excluding carboxylic acids is 1. The molecule has 0 saturated carbocycles. The summed E-state index contributed by atoms with van der Waals surface area (Å²) in [4.78, 5) is 23.5. The van der Waals surface area contributed by atoms with Crippen LogP contribution in [0.25, 0.3) is 0 Å². The number of nitrogens with zero attached hydrogens (tertiary/aromatic N) is 1. The Morgan fingerprint density at radius 1 is 1.38 bits per heavy atom. The van der Waals surface area contributed by atoms with Crippen LogP contribution in [0.5, 0.6) is 0 Å². The van der Waals surface area contributed by atoms with Gasteiger partial charge in [0.2, 0.25) is 0 Å². The highest BCUT2D eigenvalue weighted by Gasteiger charge is 2.23. The Morgan fingerprint density at radius 2 is 2.14 bits per heavy atom. The lowest BCUT2D eigenvalue weighted by Gasteiger charge is -2.06. The van der Waals surface area contributed by atoms with E-state index in [1.54, 1.807) is 11.3 Å². The smallest absolute Gasteiger partial charge is 0.300 e. The molecule has 2 aromatic rings. The molecule has 0 atom stereocenters. The van der Waals surface area contributed by atoms with Gasteiger partial charge in [0.05, 0.1) is 8.71 Å². The van der Waals surface area contributed by atoms with Gasteiger partial charge < -0.3 is 5.32 Å². The highest BCUT2D eigenvalue weighted by atomic mass is 79.9. The van der Waals surface area contributed by atoms with Gasteiger partial charge in [-0.2, -0.15) is 0 Å². The molecule has 5 nitrogen and oxygen atoms in total. The summed E-state index contributed by atoms with van der Waals surface area (Å²) in [5.41, 5.74) is -0.393. The van der Waals surface area contributed by atoms with E-state index in [1.807, 2.05) is 12.1 Å². The van der Waals surface area contributed by atoms with Gasteiger partial charge in [0.25, 0.3) is 5.91 Å². The third-order valence-electron chi connectivity index (χ3n) is 2.70. The topological polar surface area (TPSA) is 72.2 Å². The Morgan fingerprint density at radius 3 is 2.76 bits per heavy atom. The first-order valence-corrected chi connectivity index (χ1v) is 7.93. The Bertz CT molecular complexity index is 690. The summed E-state index contributed by atoms with van der Waals surface area (Å²) in [6.07, 6.45) is 0.663. The fourth-order valence-electron chi connectivity index (χ4n) is 1.76. The minimum absolute atomic E-state index is 0.0279. The number of nitro groups is 1. The third kappa shape index (κ3) is 4.03. The van der Waals surface area contributed by atoms with Gasteiger partial charge in [0, 0.05) is 11.4 Å². The number of benzene rings is 1. The maximum atomic E-state index is 12.0. The van der Waals surface area contributed by atoms with Crippen molar-refractivity contribution in [3.8, 4) is 0 Å². The summed E-state index contributed by atoms with van der Waals surface area (Å²) in [6.45, 7) is 0.398. The minimum Gasteiger partial charge on any atom is -0.351 e. The van der Waals surface area contributed by atoms with E-state index in [9.17, 15) is 14.9 Å². The van der Waals surface area contributed by atoms with E-state index in [0.29, 0.717) is 13.0 Å². The molecule has 8 heteroatoms. The number of nitrogens with one attached hydrogen (secondary N) is 1. The first-order chi connectivity index (χ1) is 9.99. The van der Waals surface area contributed by atoms with E-state index in [-0.39, 0.29) is 16.3 Å². The molecule has 1 N–H and O–H groups in total. The number of halogens is 2. The summed E-state index contributed by atoms with van der Waals surface area (Å²) >= 11 is 10.7. The molecular weight excluding hydrogens is 380 g/mol. The first-order valence-electron chi connectivity index (χ1n) is 5.94. The van der Waals surface area contributed by atoms with Crippen molar-refractivity contribution < 1.29 is 9.72 Å². The van der Waals surface area contributed by atoms with Gasteiger partial charge in [0.15, 0.2) is 0 Å². The van der Waals surface area contributed by atoms with Crippen LogP contribution in [0.1, 0.15) is 15.2 Å². The van der Waals surface area contributed by atoms with Gasteiger partial charge in [-0.15, -0.1) is 11.3 Å². The summed E-state index contributed by atoms with van der Waals surface area (Å²) in [5.74, 6) is -0.500. The fraction of sp³-hybridized carbons (Fsp3) is 0.154. The molecule has 110 valence electrons. The largest absolute Gasteiger partial charge is 0.351 e. The zero-order valence-corrected chi connectivity index (χ0v) is 13.8. The fourth-order valence-corrected chi connectivity index (χ4v) is 3.49. The number of rotatable bonds is 5. The molecule has 21 heavy (non-hydrogen) atoms. The van der Waals surface area contributed by atoms with Crippen molar-refractivity contribution in [1.82, 2.24) is 5.32 Å². The molecule has 0 radical (unpaired) electrons. The second-order valence-corrected chi connectivity index (χ2v) is 7.06. The van der Waals surface area contributed by atoms with Crippen molar-refractivity contribution >= 4 is 50.5 Å². The Labute approximate surface area is 138 Å². The number of thiophene rings is 1. The molecule has 0 aliphatic rings. The normalized spacial score (nSPS) is 10.4. The molecule has 0 unspecified atom stereocenters. The lowest BCUT2D eigenvalue weighted by atomic mass is 10.1. The van der Waals surface area contributed by atoms with E-state index in [0.717, 1.165) is 8.66 Å². The van der Waals surface area contributed by atoms with Crippen molar-refractivity contribution in [1.29, 1.82) is 0 Å². The number of para-hydroxylation sites is 1. The average Bonchev–Trinajstić information content (AvgIpc) is 2.83. The van der Waals surface area contributed by atoms with Crippen LogP contribution in [0.2, 0.25) is 5.02 Å². The molecule has 1 aromatic carbocycles. The summed E-state index contributed by atoms with van der Waals surface area (Å²) in [5, 5.41) is 13.6. The van der Waals surface area contributed by atoms with Gasteiger partial charge in [-0.3, -0.25) is 14.9 Å². The molecule has 1 amide bonds.